The average molecular weight is 193 g/mol. The Morgan fingerprint density at radius 3 is 2.25 bits per heavy atom. The van der Waals surface area contributed by atoms with Gasteiger partial charge < -0.3 is 0 Å². The molecule has 0 heterocycles. The van der Waals surface area contributed by atoms with Crippen LogP contribution in [0.4, 0.5) is 0 Å². The van der Waals surface area contributed by atoms with E-state index in [1.54, 1.807) is 0 Å². The summed E-state index contributed by atoms with van der Waals surface area (Å²) in [5.74, 6) is 0. The SMILES string of the molecule is CCCCCCCNP(N)(N)=O. The molecular formula is C7H20N3OP. The summed E-state index contributed by atoms with van der Waals surface area (Å²) in [7, 11) is -2.97. The second kappa shape index (κ2) is 6.61. The minimum Gasteiger partial charge on any atom is -0.271 e. The third kappa shape index (κ3) is 10.1. The molecule has 0 fully saturated rings. The highest BCUT2D eigenvalue weighted by Gasteiger charge is 2.04. The molecule has 12 heavy (non-hydrogen) atoms. The minimum atomic E-state index is -2.97. The second-order valence-electron chi connectivity index (χ2n) is 3.03. The van der Waals surface area contributed by atoms with Crippen molar-refractivity contribution in [3.63, 3.8) is 0 Å². The van der Waals surface area contributed by atoms with Gasteiger partial charge in [0.2, 0.25) is 0 Å². The summed E-state index contributed by atoms with van der Waals surface area (Å²) in [6.07, 6.45) is 5.89. The lowest BCUT2D eigenvalue weighted by molar-refractivity contribution is 0.559. The van der Waals surface area contributed by atoms with Gasteiger partial charge in [-0.15, -0.1) is 0 Å². The van der Waals surface area contributed by atoms with Gasteiger partial charge >= 0.3 is 0 Å². The Bertz CT molecular complexity index is 146. The number of nitrogens with one attached hydrogen (secondary N) is 1. The molecule has 5 heteroatoms. The van der Waals surface area contributed by atoms with E-state index >= 15 is 0 Å². The number of nitrogens with two attached hydrogens (primary N) is 2. The molecule has 0 atom stereocenters. The summed E-state index contributed by atoms with van der Waals surface area (Å²) < 4.78 is 10.7. The van der Waals surface area contributed by atoms with Crippen LogP contribution < -0.4 is 16.1 Å². The fraction of sp³-hybridized carbons (Fsp3) is 1.00. The van der Waals surface area contributed by atoms with Crippen molar-refractivity contribution < 1.29 is 4.57 Å². The smallest absolute Gasteiger partial charge is 0.271 e. The van der Waals surface area contributed by atoms with Crippen LogP contribution >= 0.6 is 7.59 Å². The first-order valence-electron chi connectivity index (χ1n) is 4.48. The second-order valence-corrected chi connectivity index (χ2v) is 4.77. The molecule has 0 saturated carbocycles. The molecule has 0 aliphatic heterocycles. The van der Waals surface area contributed by atoms with Gasteiger partial charge in [0.25, 0.3) is 7.59 Å². The van der Waals surface area contributed by atoms with Crippen LogP contribution in [-0.4, -0.2) is 6.54 Å². The largest absolute Gasteiger partial charge is 0.273 e. The number of rotatable bonds is 7. The summed E-state index contributed by atoms with van der Waals surface area (Å²) in [5, 5.41) is 2.61. The molecule has 0 amide bonds. The molecule has 0 spiro atoms. The molecule has 0 bridgehead atoms. The van der Waals surface area contributed by atoms with Crippen LogP contribution in [0, 0.1) is 0 Å². The van der Waals surface area contributed by atoms with Gasteiger partial charge in [-0.3, -0.25) is 15.6 Å². The first-order valence-corrected chi connectivity index (χ1v) is 6.33. The molecule has 0 aromatic rings. The summed E-state index contributed by atoms with van der Waals surface area (Å²) >= 11 is 0. The van der Waals surface area contributed by atoms with Crippen molar-refractivity contribution in [3.8, 4) is 0 Å². The Balaban J connectivity index is 3.06. The summed E-state index contributed by atoms with van der Waals surface area (Å²) in [5.41, 5.74) is 10.2. The third-order valence-corrected chi connectivity index (χ3v) is 2.36. The maximum absolute atomic E-state index is 10.7. The van der Waals surface area contributed by atoms with Crippen LogP contribution in [0.5, 0.6) is 0 Å². The zero-order valence-electron chi connectivity index (χ0n) is 7.75. The highest BCUT2D eigenvalue weighted by Crippen LogP contribution is 2.16. The van der Waals surface area contributed by atoms with Gasteiger partial charge in [0.05, 0.1) is 0 Å². The molecule has 0 aliphatic rings. The van der Waals surface area contributed by atoms with Gasteiger partial charge in [0, 0.05) is 6.54 Å². The standard InChI is InChI=1S/C7H20N3OP/c1-2-3-4-5-6-7-10-12(8,9)11/h2-7H2,1H3,(H5,8,9,10,11). The molecule has 74 valence electrons. The summed E-state index contributed by atoms with van der Waals surface area (Å²) in [6.45, 7) is 2.83. The van der Waals surface area contributed by atoms with E-state index in [0.717, 1.165) is 12.8 Å². The number of hydrogen-bond donors (Lipinski definition) is 3. The molecule has 0 saturated heterocycles. The van der Waals surface area contributed by atoms with Crippen LogP contribution in [0.15, 0.2) is 0 Å². The van der Waals surface area contributed by atoms with Gasteiger partial charge in [-0.05, 0) is 6.42 Å². The lowest BCUT2D eigenvalue weighted by Crippen LogP contribution is -2.22. The fourth-order valence-corrected chi connectivity index (χ4v) is 1.49. The van der Waals surface area contributed by atoms with Crippen LogP contribution in [0.2, 0.25) is 0 Å². The van der Waals surface area contributed by atoms with E-state index in [1.165, 1.54) is 19.3 Å². The van der Waals surface area contributed by atoms with Crippen molar-refractivity contribution in [3.05, 3.63) is 0 Å². The predicted molar refractivity (Wildman–Crippen MR) is 52.7 cm³/mol. The van der Waals surface area contributed by atoms with Gasteiger partial charge in [-0.25, -0.2) is 5.09 Å². The van der Waals surface area contributed by atoms with E-state index in [9.17, 15) is 4.57 Å². The Morgan fingerprint density at radius 2 is 1.75 bits per heavy atom. The summed E-state index contributed by atoms with van der Waals surface area (Å²) in [6, 6.07) is 0. The van der Waals surface area contributed by atoms with Crippen molar-refractivity contribution in [2.45, 2.75) is 39.0 Å². The Morgan fingerprint density at radius 1 is 1.17 bits per heavy atom. The molecular weight excluding hydrogens is 173 g/mol. The zero-order chi connectivity index (χ0) is 9.45. The van der Waals surface area contributed by atoms with E-state index in [0.29, 0.717) is 6.54 Å². The highest BCUT2D eigenvalue weighted by molar-refractivity contribution is 7.56. The average Bonchev–Trinajstić information content (AvgIpc) is 1.94. The lowest BCUT2D eigenvalue weighted by atomic mass is 10.2. The highest BCUT2D eigenvalue weighted by atomic mass is 31.2. The maximum atomic E-state index is 10.7. The maximum Gasteiger partial charge on any atom is 0.273 e. The Hall–Kier alpha value is 0.110. The van der Waals surface area contributed by atoms with Crippen molar-refractivity contribution >= 4 is 7.59 Å². The summed E-state index contributed by atoms with van der Waals surface area (Å²) in [4.78, 5) is 0. The van der Waals surface area contributed by atoms with Crippen molar-refractivity contribution in [2.24, 2.45) is 11.0 Å². The van der Waals surface area contributed by atoms with Crippen molar-refractivity contribution in [1.82, 2.24) is 5.09 Å². The van der Waals surface area contributed by atoms with E-state index in [4.69, 9.17) is 11.0 Å². The Kier molecular flexibility index (Phi) is 6.67. The quantitative estimate of drug-likeness (QED) is 0.423. The van der Waals surface area contributed by atoms with E-state index in [2.05, 4.69) is 12.0 Å². The van der Waals surface area contributed by atoms with Crippen molar-refractivity contribution in [1.29, 1.82) is 0 Å². The molecule has 0 unspecified atom stereocenters. The third-order valence-electron chi connectivity index (χ3n) is 1.64. The first kappa shape index (κ1) is 12.1. The zero-order valence-corrected chi connectivity index (χ0v) is 8.65. The molecule has 4 nitrogen and oxygen atoms in total. The van der Waals surface area contributed by atoms with Crippen LogP contribution in [0.25, 0.3) is 0 Å². The van der Waals surface area contributed by atoms with E-state index in [1.807, 2.05) is 0 Å². The molecule has 0 radical (unpaired) electrons. The van der Waals surface area contributed by atoms with Gasteiger partial charge in [-0.1, -0.05) is 32.6 Å². The Labute approximate surface area is 74.6 Å². The van der Waals surface area contributed by atoms with Gasteiger partial charge in [-0.2, -0.15) is 0 Å². The van der Waals surface area contributed by atoms with E-state index in [-0.39, 0.29) is 0 Å². The lowest BCUT2D eigenvalue weighted by Gasteiger charge is -2.07. The molecule has 0 aromatic carbocycles. The molecule has 0 rings (SSSR count). The van der Waals surface area contributed by atoms with E-state index < -0.39 is 7.59 Å². The number of unbranched alkanes of at least 4 members (excludes halogenated alkanes) is 4. The topological polar surface area (TPSA) is 81.1 Å². The molecule has 0 aliphatic carbocycles. The first-order chi connectivity index (χ1) is 5.56. The van der Waals surface area contributed by atoms with Crippen LogP contribution in [0.1, 0.15) is 39.0 Å². The monoisotopic (exact) mass is 193 g/mol. The molecule has 0 aromatic heterocycles. The van der Waals surface area contributed by atoms with Crippen LogP contribution in [-0.2, 0) is 4.57 Å². The predicted octanol–water partition coefficient (Wildman–Crippen LogP) is 1.57. The van der Waals surface area contributed by atoms with Crippen LogP contribution in [0.3, 0.4) is 0 Å². The number of hydrogen-bond acceptors (Lipinski definition) is 1. The van der Waals surface area contributed by atoms with Gasteiger partial charge in [0.1, 0.15) is 0 Å². The molecule has 5 N–H and O–H groups in total. The minimum absolute atomic E-state index is 0.661. The fourth-order valence-electron chi connectivity index (χ4n) is 0.982. The normalized spacial score (nSPS) is 11.9. The van der Waals surface area contributed by atoms with Gasteiger partial charge in [0.15, 0.2) is 0 Å². The van der Waals surface area contributed by atoms with Crippen molar-refractivity contribution in [2.75, 3.05) is 6.54 Å².